The normalized spacial score (nSPS) is 16.4. The highest BCUT2D eigenvalue weighted by Gasteiger charge is 2.21. The lowest BCUT2D eigenvalue weighted by atomic mass is 9.95. The van der Waals surface area contributed by atoms with Crippen LogP contribution in [0.1, 0.15) is 31.9 Å². The van der Waals surface area contributed by atoms with Gasteiger partial charge in [0.25, 0.3) is 0 Å². The van der Waals surface area contributed by atoms with Gasteiger partial charge in [-0.25, -0.2) is 4.98 Å². The third kappa shape index (κ3) is 4.33. The van der Waals surface area contributed by atoms with Crippen molar-refractivity contribution in [3.05, 3.63) is 53.6 Å². The lowest BCUT2D eigenvalue weighted by Crippen LogP contribution is -2.22. The van der Waals surface area contributed by atoms with Crippen LogP contribution in [-0.4, -0.2) is 16.9 Å². The summed E-state index contributed by atoms with van der Waals surface area (Å²) < 4.78 is 5.39. The molecular weight excluding hydrogens is 336 g/mol. The van der Waals surface area contributed by atoms with Crippen LogP contribution in [0, 0.1) is 5.92 Å². The number of carbonyl (C=O) groups is 2. The Hall–Kier alpha value is -2.47. The van der Waals surface area contributed by atoms with Gasteiger partial charge >= 0.3 is 5.97 Å². The quantitative estimate of drug-likeness (QED) is 0.594. The van der Waals surface area contributed by atoms with Crippen LogP contribution in [-0.2, 0) is 20.9 Å². The van der Waals surface area contributed by atoms with E-state index in [2.05, 4.69) is 11.1 Å². The number of allylic oxidation sites excluding steroid dienone is 2. The zero-order valence-electron chi connectivity index (χ0n) is 14.1. The van der Waals surface area contributed by atoms with Gasteiger partial charge in [-0.05, 0) is 31.4 Å². The Bertz CT molecular complexity index is 770. The van der Waals surface area contributed by atoms with Crippen molar-refractivity contribution in [2.45, 2.75) is 32.8 Å². The molecule has 2 aromatic rings. The monoisotopic (exact) mass is 356 g/mol. The minimum Gasteiger partial charge on any atom is -0.459 e. The van der Waals surface area contributed by atoms with E-state index in [9.17, 15) is 9.59 Å². The SMILES string of the molecule is CC(=O)N(c1ccccc1)c1nc(COC(=O)[C@@H]2CC=CCC2)cs1. The number of carbonyl (C=O) groups excluding carboxylic acids is 2. The third-order valence-electron chi connectivity index (χ3n) is 4.02. The van der Waals surface area contributed by atoms with Crippen molar-refractivity contribution in [1.82, 2.24) is 4.98 Å². The first-order valence-electron chi connectivity index (χ1n) is 8.27. The molecule has 0 saturated carbocycles. The van der Waals surface area contributed by atoms with Gasteiger partial charge in [0.2, 0.25) is 5.91 Å². The molecule has 1 aromatic heterocycles. The van der Waals surface area contributed by atoms with Gasteiger partial charge in [-0.1, -0.05) is 30.4 Å². The number of amides is 1. The molecule has 1 atom stereocenters. The zero-order chi connectivity index (χ0) is 17.6. The summed E-state index contributed by atoms with van der Waals surface area (Å²) in [7, 11) is 0. The summed E-state index contributed by atoms with van der Waals surface area (Å²) in [5.41, 5.74) is 1.42. The fraction of sp³-hybridized carbons (Fsp3) is 0.316. The first-order valence-corrected chi connectivity index (χ1v) is 9.15. The van der Waals surface area contributed by atoms with Gasteiger partial charge in [0.05, 0.1) is 17.3 Å². The molecule has 0 spiro atoms. The fourth-order valence-corrected chi connectivity index (χ4v) is 3.61. The third-order valence-corrected chi connectivity index (χ3v) is 4.90. The summed E-state index contributed by atoms with van der Waals surface area (Å²) in [5.74, 6) is -0.343. The average molecular weight is 356 g/mol. The molecule has 25 heavy (non-hydrogen) atoms. The number of benzene rings is 1. The van der Waals surface area contributed by atoms with Gasteiger partial charge < -0.3 is 4.74 Å². The van der Waals surface area contributed by atoms with Crippen molar-refractivity contribution in [3.63, 3.8) is 0 Å². The van der Waals surface area contributed by atoms with Crippen LogP contribution >= 0.6 is 11.3 Å². The second-order valence-electron chi connectivity index (χ2n) is 5.90. The van der Waals surface area contributed by atoms with Crippen LogP contribution in [0.25, 0.3) is 0 Å². The van der Waals surface area contributed by atoms with E-state index >= 15 is 0 Å². The minimum absolute atomic E-state index is 0.0545. The predicted octanol–water partition coefficient (Wildman–Crippen LogP) is 4.23. The van der Waals surface area contributed by atoms with Crippen LogP contribution < -0.4 is 4.90 Å². The highest BCUT2D eigenvalue weighted by atomic mass is 32.1. The Labute approximate surface area is 150 Å². The van der Waals surface area contributed by atoms with Crippen LogP contribution in [0.3, 0.4) is 0 Å². The fourth-order valence-electron chi connectivity index (χ4n) is 2.74. The largest absolute Gasteiger partial charge is 0.459 e. The van der Waals surface area contributed by atoms with Crippen molar-refractivity contribution < 1.29 is 14.3 Å². The van der Waals surface area contributed by atoms with Gasteiger partial charge in [0.1, 0.15) is 6.61 Å². The van der Waals surface area contributed by atoms with Gasteiger partial charge in [-0.2, -0.15) is 0 Å². The molecule has 1 aromatic carbocycles. The Morgan fingerprint density at radius 2 is 2.08 bits per heavy atom. The van der Waals surface area contributed by atoms with Crippen LogP contribution in [0.4, 0.5) is 10.8 Å². The molecule has 1 aliphatic carbocycles. The summed E-state index contributed by atoms with van der Waals surface area (Å²) in [4.78, 5) is 30.1. The van der Waals surface area contributed by atoms with Gasteiger partial charge in [0.15, 0.2) is 5.13 Å². The second-order valence-corrected chi connectivity index (χ2v) is 6.74. The molecule has 1 aliphatic rings. The Morgan fingerprint density at radius 1 is 1.28 bits per heavy atom. The van der Waals surface area contributed by atoms with Crippen molar-refractivity contribution >= 4 is 34.0 Å². The first-order chi connectivity index (χ1) is 12.1. The highest BCUT2D eigenvalue weighted by Crippen LogP contribution is 2.29. The van der Waals surface area contributed by atoms with E-state index in [1.54, 1.807) is 4.90 Å². The topological polar surface area (TPSA) is 59.5 Å². The summed E-state index contributed by atoms with van der Waals surface area (Å²) >= 11 is 1.36. The Balaban J connectivity index is 1.66. The number of thiazole rings is 1. The molecule has 0 bridgehead atoms. The van der Waals surface area contributed by atoms with E-state index in [4.69, 9.17) is 4.74 Å². The standard InChI is InChI=1S/C19H20N2O3S/c1-14(22)21(17-10-6-3-7-11-17)19-20-16(13-25-19)12-24-18(23)15-8-4-2-5-9-15/h2-4,6-7,10-11,13,15H,5,8-9,12H2,1H3/t15-/m1/s1. The Morgan fingerprint density at radius 3 is 2.76 bits per heavy atom. The van der Waals surface area contributed by atoms with Crippen molar-refractivity contribution in [2.75, 3.05) is 4.90 Å². The molecule has 6 heteroatoms. The molecule has 0 saturated heterocycles. The zero-order valence-corrected chi connectivity index (χ0v) is 14.9. The molecule has 0 radical (unpaired) electrons. The van der Waals surface area contributed by atoms with Crippen LogP contribution in [0.2, 0.25) is 0 Å². The van der Waals surface area contributed by atoms with Gasteiger partial charge in [-0.15, -0.1) is 11.3 Å². The number of nitrogens with zero attached hydrogens (tertiary/aromatic N) is 2. The minimum atomic E-state index is -0.176. The Kier molecular flexibility index (Phi) is 5.60. The molecule has 1 amide bonds. The summed E-state index contributed by atoms with van der Waals surface area (Å²) in [6.07, 6.45) is 6.62. The van der Waals surface area contributed by atoms with E-state index in [-0.39, 0.29) is 24.4 Å². The maximum absolute atomic E-state index is 12.1. The number of hydrogen-bond acceptors (Lipinski definition) is 5. The van der Waals surface area contributed by atoms with E-state index in [1.807, 2.05) is 41.8 Å². The molecule has 5 nitrogen and oxygen atoms in total. The molecule has 1 heterocycles. The molecule has 3 rings (SSSR count). The van der Waals surface area contributed by atoms with Gasteiger partial charge in [0, 0.05) is 12.3 Å². The summed E-state index contributed by atoms with van der Waals surface area (Å²) in [5, 5.41) is 2.40. The van der Waals surface area contributed by atoms with E-state index in [0.29, 0.717) is 10.8 Å². The van der Waals surface area contributed by atoms with Crippen LogP contribution in [0.15, 0.2) is 47.9 Å². The lowest BCUT2D eigenvalue weighted by Gasteiger charge is -2.17. The highest BCUT2D eigenvalue weighted by molar-refractivity contribution is 7.14. The maximum atomic E-state index is 12.1. The molecule has 0 fully saturated rings. The maximum Gasteiger partial charge on any atom is 0.309 e. The van der Waals surface area contributed by atoms with Crippen molar-refractivity contribution in [3.8, 4) is 0 Å². The second kappa shape index (κ2) is 8.07. The van der Waals surface area contributed by atoms with Crippen LogP contribution in [0.5, 0.6) is 0 Å². The van der Waals surface area contributed by atoms with Crippen molar-refractivity contribution in [1.29, 1.82) is 0 Å². The summed E-state index contributed by atoms with van der Waals surface area (Å²) in [6, 6.07) is 9.37. The number of ether oxygens (including phenoxy) is 1. The molecule has 130 valence electrons. The number of para-hydroxylation sites is 1. The number of esters is 1. The summed E-state index contributed by atoms with van der Waals surface area (Å²) in [6.45, 7) is 1.64. The first kappa shape index (κ1) is 17.4. The number of anilines is 2. The molecule has 0 N–H and O–H groups in total. The van der Waals surface area contributed by atoms with E-state index < -0.39 is 0 Å². The van der Waals surface area contributed by atoms with E-state index in [0.717, 1.165) is 24.9 Å². The number of hydrogen-bond donors (Lipinski definition) is 0. The van der Waals surface area contributed by atoms with Crippen molar-refractivity contribution in [2.24, 2.45) is 5.92 Å². The number of aromatic nitrogens is 1. The molecule has 0 unspecified atom stereocenters. The smallest absolute Gasteiger partial charge is 0.309 e. The average Bonchev–Trinajstić information content (AvgIpc) is 3.09. The lowest BCUT2D eigenvalue weighted by molar-refractivity contribution is -0.150. The number of rotatable bonds is 5. The van der Waals surface area contributed by atoms with E-state index in [1.165, 1.54) is 18.3 Å². The molecular formula is C19H20N2O3S. The predicted molar refractivity (Wildman–Crippen MR) is 97.7 cm³/mol. The molecule has 0 aliphatic heterocycles. The van der Waals surface area contributed by atoms with Gasteiger partial charge in [-0.3, -0.25) is 14.5 Å².